The molecule has 1 aromatic carbocycles. The van der Waals surface area contributed by atoms with Crippen LogP contribution in [0.25, 0.3) is 0 Å². The summed E-state index contributed by atoms with van der Waals surface area (Å²) in [5, 5.41) is 0.470. The summed E-state index contributed by atoms with van der Waals surface area (Å²) < 4.78 is 31.8. The number of amides is 1. The molecule has 0 aliphatic heterocycles. The first-order valence-electron chi connectivity index (χ1n) is 3.99. The zero-order valence-electron chi connectivity index (χ0n) is 8.14. The van der Waals surface area contributed by atoms with Crippen LogP contribution in [-0.4, -0.2) is 21.6 Å². The molecule has 0 aliphatic rings. The summed E-state index contributed by atoms with van der Waals surface area (Å²) in [6.07, 6.45) is -1.16. The topological polar surface area (TPSA) is 81.7 Å². The normalized spacial score (nSPS) is 10.9. The van der Waals surface area contributed by atoms with Gasteiger partial charge in [-0.3, -0.25) is 4.18 Å². The SMILES string of the molecule is COS(=O)(=O)NC(=O)Oc1ccc(Cl)cc1. The molecule has 0 saturated heterocycles. The lowest BCUT2D eigenvalue weighted by atomic mass is 10.3. The van der Waals surface area contributed by atoms with Crippen molar-refractivity contribution < 1.29 is 22.1 Å². The summed E-state index contributed by atoms with van der Waals surface area (Å²) in [7, 11) is -3.18. The van der Waals surface area contributed by atoms with Gasteiger partial charge in [-0.25, -0.2) is 4.79 Å². The Kier molecular flexibility index (Phi) is 4.11. The summed E-state index contributed by atoms with van der Waals surface area (Å²) >= 11 is 5.61. The fourth-order valence-electron chi connectivity index (χ4n) is 0.774. The molecular weight excluding hydrogens is 258 g/mol. The predicted octanol–water partition coefficient (Wildman–Crippen LogP) is 1.32. The molecule has 88 valence electrons. The van der Waals surface area contributed by atoms with Gasteiger partial charge in [0.15, 0.2) is 0 Å². The van der Waals surface area contributed by atoms with E-state index in [1.54, 1.807) is 0 Å². The van der Waals surface area contributed by atoms with Gasteiger partial charge >= 0.3 is 16.4 Å². The molecular formula is C8H8ClNO5S. The maximum Gasteiger partial charge on any atom is 0.428 e. The first kappa shape index (κ1) is 12.8. The second-order valence-electron chi connectivity index (χ2n) is 2.57. The molecule has 8 heteroatoms. The molecule has 0 bridgehead atoms. The van der Waals surface area contributed by atoms with Crippen LogP contribution in [0.3, 0.4) is 0 Å². The Morgan fingerprint density at radius 3 is 2.38 bits per heavy atom. The van der Waals surface area contributed by atoms with E-state index in [2.05, 4.69) is 8.92 Å². The van der Waals surface area contributed by atoms with Gasteiger partial charge in [0.2, 0.25) is 0 Å². The summed E-state index contributed by atoms with van der Waals surface area (Å²) in [5.74, 6) is 0.160. The van der Waals surface area contributed by atoms with Gasteiger partial charge < -0.3 is 4.74 Å². The fraction of sp³-hybridized carbons (Fsp3) is 0.125. The van der Waals surface area contributed by atoms with Gasteiger partial charge in [0.05, 0.1) is 7.11 Å². The van der Waals surface area contributed by atoms with E-state index in [0.717, 1.165) is 7.11 Å². The quantitative estimate of drug-likeness (QED) is 0.891. The molecule has 1 rings (SSSR count). The van der Waals surface area contributed by atoms with Crippen LogP contribution in [-0.2, 0) is 14.5 Å². The molecule has 1 amide bonds. The minimum atomic E-state index is -4.10. The van der Waals surface area contributed by atoms with Crippen LogP contribution in [0.2, 0.25) is 5.02 Å². The van der Waals surface area contributed by atoms with Gasteiger partial charge in [0.25, 0.3) is 0 Å². The van der Waals surface area contributed by atoms with E-state index in [9.17, 15) is 13.2 Å². The largest absolute Gasteiger partial charge is 0.428 e. The number of halogens is 1. The average molecular weight is 266 g/mol. The molecule has 0 fully saturated rings. The first-order chi connectivity index (χ1) is 7.43. The van der Waals surface area contributed by atoms with E-state index < -0.39 is 16.4 Å². The highest BCUT2D eigenvalue weighted by Gasteiger charge is 2.14. The number of ether oxygens (including phenoxy) is 1. The number of hydrogen-bond acceptors (Lipinski definition) is 5. The third kappa shape index (κ3) is 4.05. The number of rotatable bonds is 3. The number of hydrogen-bond donors (Lipinski definition) is 1. The summed E-state index contributed by atoms with van der Waals surface area (Å²) in [6.45, 7) is 0. The lowest BCUT2D eigenvalue weighted by Gasteiger charge is -2.05. The maximum absolute atomic E-state index is 11.0. The van der Waals surface area contributed by atoms with Crippen molar-refractivity contribution in [2.75, 3.05) is 7.11 Å². The van der Waals surface area contributed by atoms with E-state index in [1.807, 2.05) is 0 Å². The Hall–Kier alpha value is -1.31. The van der Waals surface area contributed by atoms with Crippen LogP contribution >= 0.6 is 11.6 Å². The highest BCUT2D eigenvalue weighted by molar-refractivity contribution is 7.85. The van der Waals surface area contributed by atoms with Gasteiger partial charge in [-0.1, -0.05) is 11.6 Å². The van der Waals surface area contributed by atoms with Crippen LogP contribution in [0.15, 0.2) is 24.3 Å². The van der Waals surface area contributed by atoms with Crippen molar-refractivity contribution in [2.24, 2.45) is 0 Å². The van der Waals surface area contributed by atoms with Crippen LogP contribution in [0, 0.1) is 0 Å². The Morgan fingerprint density at radius 1 is 1.31 bits per heavy atom. The minimum absolute atomic E-state index is 0.160. The minimum Gasteiger partial charge on any atom is -0.410 e. The summed E-state index contributed by atoms with van der Waals surface area (Å²) in [4.78, 5) is 11.0. The van der Waals surface area contributed by atoms with E-state index in [0.29, 0.717) is 5.02 Å². The predicted molar refractivity (Wildman–Crippen MR) is 56.5 cm³/mol. The third-order valence-corrected chi connectivity index (χ3v) is 2.56. The van der Waals surface area contributed by atoms with Crippen molar-refractivity contribution in [3.63, 3.8) is 0 Å². The monoisotopic (exact) mass is 265 g/mol. The molecule has 1 aromatic rings. The molecule has 1 N–H and O–H groups in total. The van der Waals surface area contributed by atoms with Crippen LogP contribution in [0.5, 0.6) is 5.75 Å². The van der Waals surface area contributed by atoms with E-state index in [1.165, 1.54) is 29.0 Å². The van der Waals surface area contributed by atoms with Gasteiger partial charge in [-0.15, -0.1) is 0 Å². The number of benzene rings is 1. The molecule has 0 saturated carbocycles. The van der Waals surface area contributed by atoms with Crippen LogP contribution in [0.4, 0.5) is 4.79 Å². The highest BCUT2D eigenvalue weighted by atomic mass is 35.5. The molecule has 6 nitrogen and oxygen atoms in total. The van der Waals surface area contributed by atoms with Gasteiger partial charge in [-0.05, 0) is 24.3 Å². The zero-order valence-corrected chi connectivity index (χ0v) is 9.71. The molecule has 0 aromatic heterocycles. The van der Waals surface area contributed by atoms with Crippen molar-refractivity contribution in [1.82, 2.24) is 4.72 Å². The lowest BCUT2D eigenvalue weighted by Crippen LogP contribution is -2.33. The number of carbonyl (C=O) groups is 1. The highest BCUT2D eigenvalue weighted by Crippen LogP contribution is 2.15. The van der Waals surface area contributed by atoms with Crippen molar-refractivity contribution in [3.8, 4) is 5.75 Å². The second-order valence-corrected chi connectivity index (χ2v) is 4.45. The lowest BCUT2D eigenvalue weighted by molar-refractivity contribution is 0.205. The maximum atomic E-state index is 11.0. The van der Waals surface area contributed by atoms with Crippen molar-refractivity contribution in [3.05, 3.63) is 29.3 Å². The molecule has 0 aliphatic carbocycles. The smallest absolute Gasteiger partial charge is 0.410 e. The number of carbonyl (C=O) groups excluding carboxylic acids is 1. The Labute approximate surface area is 97.4 Å². The average Bonchev–Trinajstić information content (AvgIpc) is 2.21. The summed E-state index contributed by atoms with van der Waals surface area (Å²) in [5.41, 5.74) is 0. The molecule has 0 radical (unpaired) electrons. The fourth-order valence-corrected chi connectivity index (χ4v) is 1.23. The van der Waals surface area contributed by atoms with Crippen LogP contribution in [0.1, 0.15) is 0 Å². The first-order valence-corrected chi connectivity index (χ1v) is 5.77. The third-order valence-electron chi connectivity index (χ3n) is 1.45. The van der Waals surface area contributed by atoms with Crippen molar-refractivity contribution >= 4 is 28.0 Å². The van der Waals surface area contributed by atoms with Gasteiger partial charge in [-0.2, -0.15) is 13.1 Å². The van der Waals surface area contributed by atoms with Crippen molar-refractivity contribution in [2.45, 2.75) is 0 Å². The van der Waals surface area contributed by atoms with E-state index in [4.69, 9.17) is 11.6 Å². The van der Waals surface area contributed by atoms with E-state index in [-0.39, 0.29) is 5.75 Å². The standard InChI is InChI=1S/C8H8ClNO5S/c1-14-16(12,13)10-8(11)15-7-4-2-6(9)3-5-7/h2-5H,1H3,(H,10,11). The summed E-state index contributed by atoms with van der Waals surface area (Å²) in [6, 6.07) is 5.83. The molecule has 0 unspecified atom stereocenters. The van der Waals surface area contributed by atoms with Crippen molar-refractivity contribution in [1.29, 1.82) is 0 Å². The molecule has 0 spiro atoms. The van der Waals surface area contributed by atoms with Gasteiger partial charge in [0, 0.05) is 5.02 Å². The second kappa shape index (κ2) is 5.15. The van der Waals surface area contributed by atoms with E-state index >= 15 is 0 Å². The molecule has 0 heterocycles. The Bertz CT molecular complexity index is 470. The molecule has 16 heavy (non-hydrogen) atoms. The molecule has 0 atom stereocenters. The Morgan fingerprint density at radius 2 is 1.88 bits per heavy atom. The Balaban J connectivity index is 2.62. The van der Waals surface area contributed by atoms with Crippen LogP contribution < -0.4 is 9.46 Å². The number of nitrogens with one attached hydrogen (secondary N) is 1. The van der Waals surface area contributed by atoms with Gasteiger partial charge in [0.1, 0.15) is 5.75 Å². The zero-order chi connectivity index (χ0) is 12.2.